The van der Waals surface area contributed by atoms with Gasteiger partial charge in [0.05, 0.1) is 10.6 Å². The number of anilines is 2. The van der Waals surface area contributed by atoms with Gasteiger partial charge in [0, 0.05) is 29.2 Å². The molecule has 0 radical (unpaired) electrons. The highest BCUT2D eigenvalue weighted by atomic mass is 35.5. The fourth-order valence-corrected chi connectivity index (χ4v) is 3.00. The van der Waals surface area contributed by atoms with E-state index in [4.69, 9.17) is 16.7 Å². The molecular formula is C22H18ClN3O5. The minimum atomic E-state index is -1.20. The van der Waals surface area contributed by atoms with E-state index in [9.17, 15) is 19.2 Å². The molecule has 0 fully saturated rings. The van der Waals surface area contributed by atoms with Crippen LogP contribution in [0.5, 0.6) is 0 Å². The number of aryl methyl sites for hydroxylation is 1. The average molecular weight is 440 g/mol. The van der Waals surface area contributed by atoms with Crippen molar-refractivity contribution in [3.63, 3.8) is 0 Å². The monoisotopic (exact) mass is 439 g/mol. The van der Waals surface area contributed by atoms with Crippen LogP contribution in [0, 0.1) is 6.92 Å². The topological polar surface area (TPSA) is 118 Å². The van der Waals surface area contributed by atoms with Gasteiger partial charge in [-0.3, -0.25) is 14.4 Å². The number of aromatic carboxylic acids is 1. The molecule has 1 heterocycles. The maximum absolute atomic E-state index is 12.4. The molecular weight excluding hydrogens is 422 g/mol. The van der Waals surface area contributed by atoms with Crippen molar-refractivity contribution in [2.45, 2.75) is 13.5 Å². The number of halogens is 1. The van der Waals surface area contributed by atoms with Gasteiger partial charge in [-0.1, -0.05) is 17.7 Å². The number of aromatic nitrogens is 1. The van der Waals surface area contributed by atoms with E-state index in [0.29, 0.717) is 11.3 Å². The van der Waals surface area contributed by atoms with Crippen LogP contribution in [-0.2, 0) is 11.3 Å². The highest BCUT2D eigenvalue weighted by Gasteiger charge is 2.12. The van der Waals surface area contributed by atoms with Crippen molar-refractivity contribution in [3.05, 3.63) is 92.9 Å². The van der Waals surface area contributed by atoms with Gasteiger partial charge in [-0.2, -0.15) is 0 Å². The van der Waals surface area contributed by atoms with Crippen LogP contribution in [0.1, 0.15) is 26.3 Å². The van der Waals surface area contributed by atoms with Crippen molar-refractivity contribution < 1.29 is 19.5 Å². The maximum atomic E-state index is 12.4. The summed E-state index contributed by atoms with van der Waals surface area (Å²) in [4.78, 5) is 47.6. The number of amides is 2. The first-order chi connectivity index (χ1) is 14.7. The van der Waals surface area contributed by atoms with Crippen LogP contribution < -0.4 is 16.2 Å². The lowest BCUT2D eigenvalue weighted by Crippen LogP contribution is -2.26. The molecule has 0 spiro atoms. The van der Waals surface area contributed by atoms with Gasteiger partial charge in [0.1, 0.15) is 6.54 Å². The van der Waals surface area contributed by atoms with Crippen LogP contribution >= 0.6 is 11.6 Å². The fraction of sp³-hybridized carbons (Fsp3) is 0.0909. The molecule has 0 aliphatic carbocycles. The third kappa shape index (κ3) is 5.58. The number of carboxylic acid groups (broad SMARTS) is 1. The van der Waals surface area contributed by atoms with Crippen LogP contribution in [0.2, 0.25) is 5.02 Å². The molecule has 0 bridgehead atoms. The largest absolute Gasteiger partial charge is 0.478 e. The molecule has 0 saturated heterocycles. The number of nitrogens with zero attached hydrogens (tertiary/aromatic N) is 1. The molecule has 3 rings (SSSR count). The minimum Gasteiger partial charge on any atom is -0.478 e. The summed E-state index contributed by atoms with van der Waals surface area (Å²) >= 11 is 5.82. The first-order valence-electron chi connectivity index (χ1n) is 9.14. The number of nitrogens with one attached hydrogen (secondary N) is 2. The summed E-state index contributed by atoms with van der Waals surface area (Å²) in [6, 6.07) is 13.4. The predicted molar refractivity (Wildman–Crippen MR) is 117 cm³/mol. The van der Waals surface area contributed by atoms with E-state index in [1.165, 1.54) is 41.0 Å². The van der Waals surface area contributed by atoms with Crippen LogP contribution in [0.25, 0.3) is 0 Å². The number of carbonyl (C=O) groups is 3. The lowest BCUT2D eigenvalue weighted by Gasteiger charge is -2.10. The molecule has 9 heteroatoms. The molecule has 158 valence electrons. The Balaban J connectivity index is 1.64. The summed E-state index contributed by atoms with van der Waals surface area (Å²) in [5, 5.41) is 14.5. The first-order valence-corrected chi connectivity index (χ1v) is 9.52. The lowest BCUT2D eigenvalue weighted by atomic mass is 10.1. The summed E-state index contributed by atoms with van der Waals surface area (Å²) in [5.41, 5.74) is 1.51. The number of benzene rings is 2. The first kappa shape index (κ1) is 21.8. The average Bonchev–Trinajstić information content (AvgIpc) is 2.72. The molecule has 0 atom stereocenters. The Morgan fingerprint density at radius 3 is 2.32 bits per heavy atom. The van der Waals surface area contributed by atoms with E-state index in [2.05, 4.69) is 10.6 Å². The summed E-state index contributed by atoms with van der Waals surface area (Å²) < 4.78 is 1.31. The molecule has 3 aromatic rings. The number of carboxylic acids is 1. The zero-order valence-electron chi connectivity index (χ0n) is 16.4. The number of hydrogen-bond acceptors (Lipinski definition) is 4. The minimum absolute atomic E-state index is 0.0681. The maximum Gasteiger partial charge on any atom is 0.337 e. The van der Waals surface area contributed by atoms with Crippen molar-refractivity contribution >= 4 is 40.8 Å². The normalized spacial score (nSPS) is 10.4. The standard InChI is InChI=1S/C22H18ClN3O5/c1-13-2-9-20(28)26(11-13)12-19(27)24-15-5-3-14(4-6-15)21(29)25-16-7-8-18(23)17(10-16)22(30)31/h2-11H,12H2,1H3,(H,24,27)(H,25,29)(H,30,31). The highest BCUT2D eigenvalue weighted by Crippen LogP contribution is 2.21. The van der Waals surface area contributed by atoms with Gasteiger partial charge in [0.15, 0.2) is 0 Å². The van der Waals surface area contributed by atoms with E-state index in [0.717, 1.165) is 5.56 Å². The van der Waals surface area contributed by atoms with Crippen molar-refractivity contribution in [3.8, 4) is 0 Å². The van der Waals surface area contributed by atoms with E-state index in [1.807, 2.05) is 6.92 Å². The Labute approximate surface area is 182 Å². The van der Waals surface area contributed by atoms with E-state index in [-0.39, 0.29) is 34.3 Å². The van der Waals surface area contributed by atoms with Gasteiger partial charge in [-0.25, -0.2) is 4.79 Å². The SMILES string of the molecule is Cc1ccc(=O)n(CC(=O)Nc2ccc(C(=O)Nc3ccc(Cl)c(C(=O)O)c3)cc2)c1. The smallest absolute Gasteiger partial charge is 0.337 e. The van der Waals surface area contributed by atoms with Gasteiger partial charge in [-0.15, -0.1) is 0 Å². The molecule has 3 N–H and O–H groups in total. The second kappa shape index (κ2) is 9.27. The molecule has 2 amide bonds. The molecule has 0 aliphatic heterocycles. The van der Waals surface area contributed by atoms with E-state index >= 15 is 0 Å². The van der Waals surface area contributed by atoms with Gasteiger partial charge in [-0.05, 0) is 55.0 Å². The Morgan fingerprint density at radius 1 is 0.968 bits per heavy atom. The van der Waals surface area contributed by atoms with Crippen molar-refractivity contribution in [1.29, 1.82) is 0 Å². The molecule has 2 aromatic carbocycles. The molecule has 1 aromatic heterocycles. The van der Waals surface area contributed by atoms with Crippen molar-refractivity contribution in [1.82, 2.24) is 4.57 Å². The van der Waals surface area contributed by atoms with Gasteiger partial charge in [0.2, 0.25) is 5.91 Å². The third-order valence-corrected chi connectivity index (χ3v) is 4.66. The Morgan fingerprint density at radius 2 is 1.65 bits per heavy atom. The van der Waals surface area contributed by atoms with Gasteiger partial charge < -0.3 is 20.3 Å². The molecule has 8 nitrogen and oxygen atoms in total. The second-order valence-electron chi connectivity index (χ2n) is 6.75. The quantitative estimate of drug-likeness (QED) is 0.544. The van der Waals surface area contributed by atoms with Crippen molar-refractivity contribution in [2.24, 2.45) is 0 Å². The summed E-state index contributed by atoms with van der Waals surface area (Å²) in [6.45, 7) is 1.69. The number of pyridine rings is 1. The summed E-state index contributed by atoms with van der Waals surface area (Å²) in [7, 11) is 0. The number of rotatable bonds is 6. The van der Waals surface area contributed by atoms with Crippen LogP contribution in [0.15, 0.2) is 65.6 Å². The van der Waals surface area contributed by atoms with Crippen molar-refractivity contribution in [2.75, 3.05) is 10.6 Å². The van der Waals surface area contributed by atoms with Crippen LogP contribution in [0.4, 0.5) is 11.4 Å². The van der Waals surface area contributed by atoms with Gasteiger partial charge >= 0.3 is 5.97 Å². The van der Waals surface area contributed by atoms with E-state index < -0.39 is 11.9 Å². The van der Waals surface area contributed by atoms with Crippen LogP contribution in [-0.4, -0.2) is 27.5 Å². The molecule has 0 saturated carbocycles. The zero-order chi connectivity index (χ0) is 22.5. The summed E-state index contributed by atoms with van der Waals surface area (Å²) in [6.07, 6.45) is 1.60. The van der Waals surface area contributed by atoms with Crippen LogP contribution in [0.3, 0.4) is 0 Å². The zero-order valence-corrected chi connectivity index (χ0v) is 17.1. The molecule has 0 aliphatic rings. The van der Waals surface area contributed by atoms with Gasteiger partial charge in [0.25, 0.3) is 11.5 Å². The molecule has 31 heavy (non-hydrogen) atoms. The third-order valence-electron chi connectivity index (χ3n) is 4.33. The Hall–Kier alpha value is -3.91. The number of hydrogen-bond donors (Lipinski definition) is 3. The summed E-state index contributed by atoms with van der Waals surface area (Å²) in [5.74, 6) is -2.04. The number of carbonyl (C=O) groups excluding carboxylic acids is 2. The Kier molecular flexibility index (Phi) is 6.52. The second-order valence-corrected chi connectivity index (χ2v) is 7.16. The predicted octanol–water partition coefficient (Wildman–Crippen LogP) is 3.40. The lowest BCUT2D eigenvalue weighted by molar-refractivity contribution is -0.116. The molecule has 0 unspecified atom stereocenters. The fourth-order valence-electron chi connectivity index (χ4n) is 2.80. The highest BCUT2D eigenvalue weighted by molar-refractivity contribution is 6.33. The Bertz CT molecular complexity index is 1220. The van der Waals surface area contributed by atoms with E-state index in [1.54, 1.807) is 24.4 Å².